The van der Waals surface area contributed by atoms with Crippen molar-refractivity contribution in [2.45, 2.75) is 19.9 Å². The number of aryl methyl sites for hydroxylation is 1. The van der Waals surface area contributed by atoms with Gasteiger partial charge in [0.25, 0.3) is 5.91 Å². The van der Waals surface area contributed by atoms with E-state index in [-0.39, 0.29) is 5.91 Å². The zero-order chi connectivity index (χ0) is 19.5. The van der Waals surface area contributed by atoms with E-state index in [0.29, 0.717) is 24.4 Å². The molecule has 0 N–H and O–H groups in total. The second kappa shape index (κ2) is 7.77. The van der Waals surface area contributed by atoms with Crippen LogP contribution < -0.4 is 9.47 Å². The van der Waals surface area contributed by atoms with E-state index in [0.717, 1.165) is 23.5 Å². The Hall–Kier alpha value is -3.27. The lowest BCUT2D eigenvalue weighted by molar-refractivity contribution is 0.0734. The number of nitrogens with zero attached hydrogens (tertiary/aromatic N) is 1. The Kier molecular flexibility index (Phi) is 5.02. The van der Waals surface area contributed by atoms with Gasteiger partial charge >= 0.3 is 0 Å². The van der Waals surface area contributed by atoms with Gasteiger partial charge < -0.3 is 14.4 Å². The number of rotatable bonds is 4. The number of hydrogen-bond donors (Lipinski definition) is 0. The van der Waals surface area contributed by atoms with Gasteiger partial charge in [-0.1, -0.05) is 24.3 Å². The van der Waals surface area contributed by atoms with Gasteiger partial charge in [-0.05, 0) is 72.5 Å². The van der Waals surface area contributed by atoms with Gasteiger partial charge in [-0.25, -0.2) is 0 Å². The molecule has 0 saturated carbocycles. The van der Waals surface area contributed by atoms with Gasteiger partial charge in [0.2, 0.25) is 0 Å². The van der Waals surface area contributed by atoms with Gasteiger partial charge in [-0.2, -0.15) is 0 Å². The Morgan fingerprint density at radius 2 is 1.68 bits per heavy atom. The van der Waals surface area contributed by atoms with Crippen LogP contribution in [-0.4, -0.2) is 24.5 Å². The van der Waals surface area contributed by atoms with Crippen LogP contribution in [0.2, 0.25) is 0 Å². The topological polar surface area (TPSA) is 38.8 Å². The molecule has 4 heteroatoms. The minimum absolute atomic E-state index is 0.0242. The molecular formula is C24H23NO3. The smallest absolute Gasteiger partial charge is 0.254 e. The first-order chi connectivity index (χ1) is 13.6. The molecule has 0 spiro atoms. The highest BCUT2D eigenvalue weighted by molar-refractivity contribution is 5.94. The highest BCUT2D eigenvalue weighted by Gasteiger charge is 2.22. The van der Waals surface area contributed by atoms with Crippen molar-refractivity contribution in [1.82, 2.24) is 4.90 Å². The van der Waals surface area contributed by atoms with E-state index < -0.39 is 0 Å². The summed E-state index contributed by atoms with van der Waals surface area (Å²) < 4.78 is 11.2. The number of benzene rings is 3. The standard InChI is InChI=1S/C24H23NO3/c1-17-5-3-7-22(13-17)28-23-8-4-6-19(15-23)24(26)25-12-11-18-14-21(27-2)10-9-20(18)16-25/h3-10,13-15H,11-12,16H2,1-2H3. The summed E-state index contributed by atoms with van der Waals surface area (Å²) in [5.41, 5.74) is 4.20. The van der Waals surface area contributed by atoms with Crippen molar-refractivity contribution in [3.8, 4) is 17.2 Å². The first-order valence-corrected chi connectivity index (χ1v) is 9.42. The average molecular weight is 373 g/mol. The first kappa shape index (κ1) is 18.1. The number of carbonyl (C=O) groups is 1. The molecule has 3 aromatic rings. The third-order valence-electron chi connectivity index (χ3n) is 5.02. The fourth-order valence-electron chi connectivity index (χ4n) is 3.52. The fraction of sp³-hybridized carbons (Fsp3) is 0.208. The van der Waals surface area contributed by atoms with Gasteiger partial charge in [0.1, 0.15) is 17.2 Å². The van der Waals surface area contributed by atoms with Crippen LogP contribution >= 0.6 is 0 Å². The Labute approximate surface area is 165 Å². The molecule has 1 heterocycles. The monoisotopic (exact) mass is 373 g/mol. The molecule has 142 valence electrons. The Bertz CT molecular complexity index is 1010. The minimum Gasteiger partial charge on any atom is -0.497 e. The molecule has 1 aliphatic heterocycles. The maximum absolute atomic E-state index is 13.0. The quantitative estimate of drug-likeness (QED) is 0.646. The maximum Gasteiger partial charge on any atom is 0.254 e. The third kappa shape index (κ3) is 3.86. The van der Waals surface area contributed by atoms with Crippen LogP contribution in [0.25, 0.3) is 0 Å². The number of amides is 1. The molecule has 0 unspecified atom stereocenters. The van der Waals surface area contributed by atoms with E-state index in [9.17, 15) is 4.79 Å². The highest BCUT2D eigenvalue weighted by Crippen LogP contribution is 2.27. The highest BCUT2D eigenvalue weighted by atomic mass is 16.5. The summed E-state index contributed by atoms with van der Waals surface area (Å²) in [6.07, 6.45) is 0.831. The number of ether oxygens (including phenoxy) is 2. The van der Waals surface area contributed by atoms with Crippen molar-refractivity contribution in [1.29, 1.82) is 0 Å². The van der Waals surface area contributed by atoms with Gasteiger partial charge in [0, 0.05) is 18.7 Å². The lowest BCUT2D eigenvalue weighted by Gasteiger charge is -2.29. The van der Waals surface area contributed by atoms with E-state index in [1.165, 1.54) is 11.1 Å². The van der Waals surface area contributed by atoms with Gasteiger partial charge in [0.05, 0.1) is 7.11 Å². The normalized spacial score (nSPS) is 13.0. The predicted molar refractivity (Wildman–Crippen MR) is 109 cm³/mol. The summed E-state index contributed by atoms with van der Waals surface area (Å²) in [7, 11) is 1.67. The number of fused-ring (bicyclic) bond motifs is 1. The molecule has 1 aliphatic rings. The van der Waals surface area contributed by atoms with Crippen LogP contribution in [-0.2, 0) is 13.0 Å². The van der Waals surface area contributed by atoms with Crippen LogP contribution in [0, 0.1) is 6.92 Å². The van der Waals surface area contributed by atoms with Crippen LogP contribution in [0.15, 0.2) is 66.7 Å². The molecule has 0 bridgehead atoms. The van der Waals surface area contributed by atoms with Gasteiger partial charge in [-0.3, -0.25) is 4.79 Å². The predicted octanol–water partition coefficient (Wildman–Crippen LogP) is 4.99. The number of methoxy groups -OCH3 is 1. The maximum atomic E-state index is 13.0. The summed E-state index contributed by atoms with van der Waals surface area (Å²) in [5.74, 6) is 2.32. The van der Waals surface area contributed by atoms with Crippen LogP contribution in [0.4, 0.5) is 0 Å². The Morgan fingerprint density at radius 1 is 0.893 bits per heavy atom. The fourth-order valence-corrected chi connectivity index (χ4v) is 3.52. The van der Waals surface area contributed by atoms with Crippen molar-refractivity contribution in [3.63, 3.8) is 0 Å². The summed E-state index contributed by atoms with van der Waals surface area (Å²) in [5, 5.41) is 0. The van der Waals surface area contributed by atoms with Crippen molar-refractivity contribution in [2.24, 2.45) is 0 Å². The van der Waals surface area contributed by atoms with Gasteiger partial charge in [0.15, 0.2) is 0 Å². The Balaban J connectivity index is 1.50. The molecule has 1 amide bonds. The largest absolute Gasteiger partial charge is 0.497 e. The second-order valence-electron chi connectivity index (χ2n) is 7.06. The van der Waals surface area contributed by atoms with E-state index in [2.05, 4.69) is 6.07 Å². The second-order valence-corrected chi connectivity index (χ2v) is 7.06. The first-order valence-electron chi connectivity index (χ1n) is 9.42. The summed E-state index contributed by atoms with van der Waals surface area (Å²) in [6.45, 7) is 3.33. The van der Waals surface area contributed by atoms with Crippen LogP contribution in [0.1, 0.15) is 27.0 Å². The van der Waals surface area contributed by atoms with E-state index in [4.69, 9.17) is 9.47 Å². The lowest BCUT2D eigenvalue weighted by atomic mass is 9.98. The molecule has 0 saturated heterocycles. The molecule has 0 aliphatic carbocycles. The average Bonchev–Trinajstić information content (AvgIpc) is 2.72. The van der Waals surface area contributed by atoms with Gasteiger partial charge in [-0.15, -0.1) is 0 Å². The number of carbonyl (C=O) groups excluding carboxylic acids is 1. The zero-order valence-corrected chi connectivity index (χ0v) is 16.1. The van der Waals surface area contributed by atoms with E-state index in [1.54, 1.807) is 7.11 Å². The lowest BCUT2D eigenvalue weighted by Crippen LogP contribution is -2.35. The van der Waals surface area contributed by atoms with E-state index >= 15 is 0 Å². The molecule has 0 atom stereocenters. The van der Waals surface area contributed by atoms with Crippen LogP contribution in [0.5, 0.6) is 17.2 Å². The molecule has 4 rings (SSSR count). The minimum atomic E-state index is 0.0242. The SMILES string of the molecule is COc1ccc2c(c1)CCN(C(=O)c1cccc(Oc3cccc(C)c3)c1)C2. The number of hydrogen-bond acceptors (Lipinski definition) is 3. The van der Waals surface area contributed by atoms with Crippen molar-refractivity contribution < 1.29 is 14.3 Å². The van der Waals surface area contributed by atoms with Crippen LogP contribution in [0.3, 0.4) is 0 Å². The molecule has 0 aromatic heterocycles. The van der Waals surface area contributed by atoms with Crippen molar-refractivity contribution in [2.75, 3.05) is 13.7 Å². The van der Waals surface area contributed by atoms with E-state index in [1.807, 2.05) is 72.5 Å². The van der Waals surface area contributed by atoms with Crippen molar-refractivity contribution >= 4 is 5.91 Å². The summed E-state index contributed by atoms with van der Waals surface area (Å²) >= 11 is 0. The molecule has 4 nitrogen and oxygen atoms in total. The molecule has 0 radical (unpaired) electrons. The molecular weight excluding hydrogens is 350 g/mol. The summed E-state index contributed by atoms with van der Waals surface area (Å²) in [6, 6.07) is 21.3. The molecule has 28 heavy (non-hydrogen) atoms. The Morgan fingerprint density at radius 3 is 2.46 bits per heavy atom. The van der Waals surface area contributed by atoms with Crippen molar-refractivity contribution in [3.05, 3.63) is 89.0 Å². The third-order valence-corrected chi connectivity index (χ3v) is 5.02. The molecule has 3 aromatic carbocycles. The zero-order valence-electron chi connectivity index (χ0n) is 16.1. The summed E-state index contributed by atoms with van der Waals surface area (Å²) in [4.78, 5) is 14.9. The molecule has 0 fully saturated rings.